The Hall–Kier alpha value is -2.89. The van der Waals surface area contributed by atoms with Crippen molar-refractivity contribution in [2.45, 2.75) is 252 Å². The zero-order chi connectivity index (χ0) is 43.7. The Balaban J connectivity index is 3.83. The van der Waals surface area contributed by atoms with Gasteiger partial charge in [0, 0.05) is 19.3 Å². The molecular formula is C54H94O6. The Morgan fingerprint density at radius 2 is 0.650 bits per heavy atom. The molecule has 0 aliphatic carbocycles. The first-order valence-corrected chi connectivity index (χ1v) is 25.3. The zero-order valence-electron chi connectivity index (χ0n) is 39.5. The van der Waals surface area contributed by atoms with Crippen LogP contribution in [0.1, 0.15) is 245 Å². The molecule has 1 atom stereocenters. The van der Waals surface area contributed by atoms with E-state index in [0.717, 1.165) is 96.3 Å². The molecule has 0 bridgehead atoms. The van der Waals surface area contributed by atoms with E-state index in [1.54, 1.807) is 0 Å². The second kappa shape index (κ2) is 48.8. The van der Waals surface area contributed by atoms with Crippen LogP contribution in [0.3, 0.4) is 0 Å². The maximum atomic E-state index is 12.5. The minimum absolute atomic E-state index is 0.0721. The standard InChI is InChI=1S/C54H94O6/c1-4-7-10-13-15-16-17-18-19-20-21-22-23-24-25-26-27-28-29-30-31-32-33-34-35-36-37-38-39-42-44-47-53(56)59-50-51(49-58-52(55)46-43-40-12-9-6-3)60-54(57)48-45-41-14-11-8-5-2/h7,10,15-16,18-19,21-22,24-25,51H,4-6,8-9,11-14,17,20,23,26-50H2,1-3H3/b10-7-,16-15-,19-18-,22-21-,25-24-. The van der Waals surface area contributed by atoms with Crippen LogP contribution in [0.4, 0.5) is 0 Å². The van der Waals surface area contributed by atoms with E-state index in [0.29, 0.717) is 19.3 Å². The Morgan fingerprint density at radius 1 is 0.350 bits per heavy atom. The number of ether oxygens (including phenoxy) is 3. The molecule has 0 radical (unpaired) electrons. The highest BCUT2D eigenvalue weighted by atomic mass is 16.6. The van der Waals surface area contributed by atoms with Crippen LogP contribution in [0.2, 0.25) is 0 Å². The summed E-state index contributed by atoms with van der Waals surface area (Å²) in [7, 11) is 0. The van der Waals surface area contributed by atoms with E-state index >= 15 is 0 Å². The van der Waals surface area contributed by atoms with E-state index in [9.17, 15) is 14.4 Å². The summed E-state index contributed by atoms with van der Waals surface area (Å²) in [6.45, 7) is 6.37. The third-order valence-corrected chi connectivity index (χ3v) is 10.8. The zero-order valence-corrected chi connectivity index (χ0v) is 39.5. The molecule has 0 rings (SSSR count). The molecule has 0 aromatic heterocycles. The quantitative estimate of drug-likeness (QED) is 0.0263. The maximum Gasteiger partial charge on any atom is 0.306 e. The highest BCUT2D eigenvalue weighted by Gasteiger charge is 2.19. The fourth-order valence-electron chi connectivity index (χ4n) is 7.00. The van der Waals surface area contributed by atoms with Gasteiger partial charge in [-0.2, -0.15) is 0 Å². The third-order valence-electron chi connectivity index (χ3n) is 10.8. The van der Waals surface area contributed by atoms with Gasteiger partial charge in [-0.05, 0) is 64.2 Å². The van der Waals surface area contributed by atoms with Crippen molar-refractivity contribution in [3.05, 3.63) is 60.8 Å². The van der Waals surface area contributed by atoms with Crippen LogP contribution >= 0.6 is 0 Å². The molecule has 0 aliphatic rings. The van der Waals surface area contributed by atoms with Crippen LogP contribution in [-0.2, 0) is 28.6 Å². The summed E-state index contributed by atoms with van der Waals surface area (Å²) in [6, 6.07) is 0. The summed E-state index contributed by atoms with van der Waals surface area (Å²) in [5.74, 6) is -0.895. The number of hydrogen-bond acceptors (Lipinski definition) is 6. The van der Waals surface area contributed by atoms with E-state index < -0.39 is 6.10 Å². The van der Waals surface area contributed by atoms with Gasteiger partial charge in [0.2, 0.25) is 0 Å². The first-order valence-electron chi connectivity index (χ1n) is 25.3. The summed E-state index contributed by atoms with van der Waals surface area (Å²) in [6.07, 6.45) is 60.1. The lowest BCUT2D eigenvalue weighted by atomic mass is 10.0. The fraction of sp³-hybridized carbons (Fsp3) is 0.759. The molecule has 1 unspecified atom stereocenters. The molecule has 6 nitrogen and oxygen atoms in total. The number of esters is 3. The van der Waals surface area contributed by atoms with Gasteiger partial charge in [-0.3, -0.25) is 14.4 Å². The van der Waals surface area contributed by atoms with Gasteiger partial charge >= 0.3 is 17.9 Å². The number of unbranched alkanes of at least 4 members (excludes halogenated alkanes) is 24. The lowest BCUT2D eigenvalue weighted by molar-refractivity contribution is -0.167. The van der Waals surface area contributed by atoms with Gasteiger partial charge < -0.3 is 14.2 Å². The van der Waals surface area contributed by atoms with Crippen molar-refractivity contribution in [1.29, 1.82) is 0 Å². The number of allylic oxidation sites excluding steroid dienone is 10. The van der Waals surface area contributed by atoms with Crippen LogP contribution in [0, 0.1) is 0 Å². The predicted octanol–water partition coefficient (Wildman–Crippen LogP) is 16.5. The van der Waals surface area contributed by atoms with E-state index in [1.165, 1.54) is 109 Å². The fourth-order valence-corrected chi connectivity index (χ4v) is 7.00. The number of hydrogen-bond donors (Lipinski definition) is 0. The van der Waals surface area contributed by atoms with E-state index in [2.05, 4.69) is 81.5 Å². The highest BCUT2D eigenvalue weighted by Crippen LogP contribution is 2.15. The molecule has 0 N–H and O–H groups in total. The van der Waals surface area contributed by atoms with Gasteiger partial charge in [0.1, 0.15) is 13.2 Å². The molecule has 6 heteroatoms. The summed E-state index contributed by atoms with van der Waals surface area (Å²) >= 11 is 0. The van der Waals surface area contributed by atoms with Gasteiger partial charge in [0.25, 0.3) is 0 Å². The van der Waals surface area contributed by atoms with Crippen molar-refractivity contribution in [3.63, 3.8) is 0 Å². The summed E-state index contributed by atoms with van der Waals surface area (Å²) in [4.78, 5) is 37.3. The minimum atomic E-state index is -0.762. The van der Waals surface area contributed by atoms with Crippen molar-refractivity contribution in [2.24, 2.45) is 0 Å². The second-order valence-electron chi connectivity index (χ2n) is 16.7. The van der Waals surface area contributed by atoms with Gasteiger partial charge in [-0.15, -0.1) is 0 Å². The average molecular weight is 839 g/mol. The Bertz CT molecular complexity index is 1100. The maximum absolute atomic E-state index is 12.5. The Kier molecular flexibility index (Phi) is 46.4. The van der Waals surface area contributed by atoms with Crippen molar-refractivity contribution >= 4 is 17.9 Å². The molecule has 0 heterocycles. The summed E-state index contributed by atoms with van der Waals surface area (Å²) in [5.41, 5.74) is 0. The second-order valence-corrected chi connectivity index (χ2v) is 16.7. The average Bonchev–Trinajstić information content (AvgIpc) is 3.24. The first kappa shape index (κ1) is 57.1. The largest absolute Gasteiger partial charge is 0.462 e. The Labute approximate surface area is 370 Å². The van der Waals surface area contributed by atoms with E-state index in [4.69, 9.17) is 14.2 Å². The van der Waals surface area contributed by atoms with Crippen LogP contribution in [-0.4, -0.2) is 37.2 Å². The van der Waals surface area contributed by atoms with Gasteiger partial charge in [0.15, 0.2) is 6.10 Å². The number of rotatable bonds is 45. The van der Waals surface area contributed by atoms with Crippen molar-refractivity contribution in [3.8, 4) is 0 Å². The first-order chi connectivity index (χ1) is 29.5. The number of carbonyl (C=O) groups excluding carboxylic acids is 3. The van der Waals surface area contributed by atoms with E-state index in [-0.39, 0.29) is 31.1 Å². The van der Waals surface area contributed by atoms with Gasteiger partial charge in [-0.25, -0.2) is 0 Å². The molecule has 0 fully saturated rings. The Morgan fingerprint density at radius 3 is 1.02 bits per heavy atom. The van der Waals surface area contributed by atoms with Crippen LogP contribution in [0.5, 0.6) is 0 Å². The molecule has 346 valence electrons. The van der Waals surface area contributed by atoms with Crippen LogP contribution < -0.4 is 0 Å². The molecule has 0 spiro atoms. The lowest BCUT2D eigenvalue weighted by Gasteiger charge is -2.18. The van der Waals surface area contributed by atoms with Crippen molar-refractivity contribution in [2.75, 3.05) is 13.2 Å². The molecule has 0 aromatic rings. The highest BCUT2D eigenvalue weighted by molar-refractivity contribution is 5.71. The SMILES string of the molecule is CC/C=C\C/C=C\C/C=C\C/C=C\C/C=C\CCCCCCCCCCCCCCCCCC(=O)OCC(COC(=O)CCCCCCC)OC(=O)CCCCCCCC. The number of carbonyl (C=O) groups is 3. The van der Waals surface area contributed by atoms with Gasteiger partial charge in [0.05, 0.1) is 0 Å². The van der Waals surface area contributed by atoms with Gasteiger partial charge in [-0.1, -0.05) is 223 Å². The summed E-state index contributed by atoms with van der Waals surface area (Å²) in [5, 5.41) is 0. The molecule has 60 heavy (non-hydrogen) atoms. The molecule has 0 aromatic carbocycles. The monoisotopic (exact) mass is 839 g/mol. The molecule has 0 saturated carbocycles. The minimum Gasteiger partial charge on any atom is -0.462 e. The topological polar surface area (TPSA) is 78.9 Å². The molecule has 0 aliphatic heterocycles. The smallest absolute Gasteiger partial charge is 0.306 e. The summed E-state index contributed by atoms with van der Waals surface area (Å²) < 4.78 is 16.5. The molecule has 0 saturated heterocycles. The van der Waals surface area contributed by atoms with Crippen LogP contribution in [0.15, 0.2) is 60.8 Å². The molecular weight excluding hydrogens is 745 g/mol. The van der Waals surface area contributed by atoms with Crippen molar-refractivity contribution < 1.29 is 28.6 Å². The van der Waals surface area contributed by atoms with E-state index in [1.807, 2.05) is 0 Å². The van der Waals surface area contributed by atoms with Crippen molar-refractivity contribution in [1.82, 2.24) is 0 Å². The third kappa shape index (κ3) is 46.2. The normalized spacial score (nSPS) is 12.5. The van der Waals surface area contributed by atoms with Crippen LogP contribution in [0.25, 0.3) is 0 Å². The predicted molar refractivity (Wildman–Crippen MR) is 256 cm³/mol. The lowest BCUT2D eigenvalue weighted by Crippen LogP contribution is -2.30. The molecule has 0 amide bonds.